The Morgan fingerprint density at radius 1 is 0.938 bits per heavy atom. The quantitative estimate of drug-likeness (QED) is 0.339. The summed E-state index contributed by atoms with van der Waals surface area (Å²) in [5, 5.41) is 3.94. The Kier molecular flexibility index (Phi) is 4.29. The molecule has 6 nitrogen and oxygen atoms in total. The highest BCUT2D eigenvalue weighted by atomic mass is 35.5. The van der Waals surface area contributed by atoms with Gasteiger partial charge in [-0.2, -0.15) is 0 Å². The van der Waals surface area contributed by atoms with Crippen molar-refractivity contribution in [3.8, 4) is 34.3 Å². The minimum atomic E-state index is -0.353. The van der Waals surface area contributed by atoms with Gasteiger partial charge in [0.2, 0.25) is 6.79 Å². The van der Waals surface area contributed by atoms with E-state index >= 15 is 0 Å². The molecule has 0 atom stereocenters. The van der Waals surface area contributed by atoms with Gasteiger partial charge in [0.15, 0.2) is 17.3 Å². The second-order valence-corrected chi connectivity index (χ2v) is 7.66. The summed E-state index contributed by atoms with van der Waals surface area (Å²) in [5.41, 5.74) is 2.40. The fourth-order valence-electron chi connectivity index (χ4n) is 3.69. The summed E-state index contributed by atoms with van der Waals surface area (Å²) in [6, 6.07) is 19.1. The predicted octanol–water partition coefficient (Wildman–Crippen LogP) is 6.53. The molecule has 0 saturated carbocycles. The van der Waals surface area contributed by atoms with Gasteiger partial charge in [0.05, 0.1) is 10.6 Å². The first-order valence-corrected chi connectivity index (χ1v) is 10.2. The van der Waals surface area contributed by atoms with E-state index < -0.39 is 0 Å². The molecule has 3 aromatic heterocycles. The van der Waals surface area contributed by atoms with Crippen molar-refractivity contribution >= 4 is 28.8 Å². The number of fused-ring (bicyclic) bond motifs is 2. The zero-order valence-corrected chi connectivity index (χ0v) is 17.3. The van der Waals surface area contributed by atoms with E-state index in [0.717, 1.165) is 5.69 Å². The Balaban J connectivity index is 1.47. The smallest absolute Gasteiger partial charge is 0.231 e. The third-order valence-corrected chi connectivity index (χ3v) is 5.42. The number of hydrogen-bond donors (Lipinski definition) is 1. The lowest BCUT2D eigenvalue weighted by molar-refractivity contribution is 0.174. The van der Waals surface area contributed by atoms with Crippen LogP contribution in [0.15, 0.2) is 77.3 Å². The van der Waals surface area contributed by atoms with Crippen LogP contribution in [0.4, 0.5) is 15.9 Å². The van der Waals surface area contributed by atoms with Crippen molar-refractivity contribution < 1.29 is 18.3 Å². The number of nitrogens with zero attached hydrogens (tertiary/aromatic N) is 2. The largest absolute Gasteiger partial charge is 0.454 e. The normalized spacial score (nSPS) is 12.4. The van der Waals surface area contributed by atoms with Gasteiger partial charge in [-0.25, -0.2) is 9.37 Å². The van der Waals surface area contributed by atoms with Crippen molar-refractivity contribution in [2.24, 2.45) is 0 Å². The molecule has 32 heavy (non-hydrogen) atoms. The van der Waals surface area contributed by atoms with Crippen LogP contribution in [0, 0.1) is 5.82 Å². The van der Waals surface area contributed by atoms with Crippen molar-refractivity contribution in [2.75, 3.05) is 12.1 Å². The first-order chi connectivity index (χ1) is 15.7. The molecule has 0 spiro atoms. The number of ether oxygens (including phenoxy) is 2. The molecular formula is C24H15ClFN3O3. The molecule has 1 aliphatic rings. The molecule has 1 N–H and O–H groups in total. The number of hydrogen-bond acceptors (Lipinski definition) is 5. The first kappa shape index (κ1) is 18.8. The molecule has 6 rings (SSSR count). The fraction of sp³-hybridized carbons (Fsp3) is 0.0417. The molecule has 0 aliphatic carbocycles. The van der Waals surface area contributed by atoms with Crippen LogP contribution in [0.1, 0.15) is 0 Å². The zero-order chi connectivity index (χ0) is 21.7. The highest BCUT2D eigenvalue weighted by molar-refractivity contribution is 6.30. The summed E-state index contributed by atoms with van der Waals surface area (Å²) in [7, 11) is 0. The van der Waals surface area contributed by atoms with Crippen molar-refractivity contribution in [3.63, 3.8) is 0 Å². The standard InChI is InChI=1S/C24H15ClFN3O3/c25-14-5-10-22-28-23(20-9-8-18(32-20)16-3-1-2-4-17(16)26)24(29(22)12-14)27-15-6-7-19-21(11-15)31-13-30-19/h1-12,27H,13H2. The van der Waals surface area contributed by atoms with E-state index in [0.29, 0.717) is 50.8 Å². The third-order valence-electron chi connectivity index (χ3n) is 5.20. The van der Waals surface area contributed by atoms with Crippen molar-refractivity contribution in [1.82, 2.24) is 9.38 Å². The lowest BCUT2D eigenvalue weighted by atomic mass is 10.1. The summed E-state index contributed by atoms with van der Waals surface area (Å²) in [6.45, 7) is 0.195. The maximum atomic E-state index is 14.2. The fourth-order valence-corrected chi connectivity index (χ4v) is 3.85. The van der Waals surface area contributed by atoms with E-state index in [-0.39, 0.29) is 12.6 Å². The van der Waals surface area contributed by atoms with E-state index in [4.69, 9.17) is 30.5 Å². The molecule has 2 aromatic carbocycles. The number of rotatable bonds is 4. The van der Waals surface area contributed by atoms with E-state index in [1.165, 1.54) is 6.07 Å². The number of pyridine rings is 1. The SMILES string of the molecule is Fc1ccccc1-c1ccc(-c2nc3ccc(Cl)cn3c2Nc2ccc3c(c2)OCO3)o1. The molecule has 8 heteroatoms. The second-order valence-electron chi connectivity index (χ2n) is 7.22. The molecule has 5 aromatic rings. The average molecular weight is 448 g/mol. The number of anilines is 2. The summed E-state index contributed by atoms with van der Waals surface area (Å²) < 4.78 is 33.0. The van der Waals surface area contributed by atoms with Gasteiger partial charge in [-0.3, -0.25) is 4.40 Å². The highest BCUT2D eigenvalue weighted by Gasteiger charge is 2.20. The lowest BCUT2D eigenvalue weighted by Gasteiger charge is -2.09. The van der Waals surface area contributed by atoms with Gasteiger partial charge in [0.1, 0.15) is 28.7 Å². The van der Waals surface area contributed by atoms with Gasteiger partial charge in [0.25, 0.3) is 0 Å². The molecular weight excluding hydrogens is 433 g/mol. The molecule has 0 fully saturated rings. The number of furan rings is 1. The van der Waals surface area contributed by atoms with E-state index in [1.807, 2.05) is 28.7 Å². The number of imidazole rings is 1. The second kappa shape index (κ2) is 7.32. The van der Waals surface area contributed by atoms with E-state index in [1.54, 1.807) is 42.6 Å². The van der Waals surface area contributed by atoms with Gasteiger partial charge < -0.3 is 19.2 Å². The van der Waals surface area contributed by atoms with Gasteiger partial charge in [-0.05, 0) is 48.5 Å². The highest BCUT2D eigenvalue weighted by Crippen LogP contribution is 2.38. The van der Waals surface area contributed by atoms with Crippen LogP contribution in [0.2, 0.25) is 5.02 Å². The van der Waals surface area contributed by atoms with Crippen molar-refractivity contribution in [2.45, 2.75) is 0 Å². The van der Waals surface area contributed by atoms with Crippen LogP contribution in [-0.2, 0) is 0 Å². The van der Waals surface area contributed by atoms with Crippen molar-refractivity contribution in [1.29, 1.82) is 0 Å². The van der Waals surface area contributed by atoms with Crippen LogP contribution in [0.5, 0.6) is 11.5 Å². The van der Waals surface area contributed by atoms with Crippen LogP contribution >= 0.6 is 11.6 Å². The van der Waals surface area contributed by atoms with Crippen molar-refractivity contribution in [3.05, 3.63) is 83.8 Å². The van der Waals surface area contributed by atoms with Gasteiger partial charge in [-0.1, -0.05) is 23.7 Å². The topological polar surface area (TPSA) is 60.9 Å². The average Bonchev–Trinajstić information content (AvgIpc) is 3.53. The predicted molar refractivity (Wildman–Crippen MR) is 119 cm³/mol. The summed E-state index contributed by atoms with van der Waals surface area (Å²) in [4.78, 5) is 4.72. The first-order valence-electron chi connectivity index (χ1n) is 9.85. The van der Waals surface area contributed by atoms with Crippen LogP contribution < -0.4 is 14.8 Å². The lowest BCUT2D eigenvalue weighted by Crippen LogP contribution is -1.97. The molecule has 0 radical (unpaired) electrons. The third kappa shape index (κ3) is 3.14. The zero-order valence-electron chi connectivity index (χ0n) is 16.5. The Morgan fingerprint density at radius 2 is 1.78 bits per heavy atom. The van der Waals surface area contributed by atoms with E-state index in [2.05, 4.69) is 5.32 Å². The monoisotopic (exact) mass is 447 g/mol. The van der Waals surface area contributed by atoms with Gasteiger partial charge >= 0.3 is 0 Å². The van der Waals surface area contributed by atoms with Gasteiger partial charge in [0, 0.05) is 18.0 Å². The maximum absolute atomic E-state index is 14.2. The van der Waals surface area contributed by atoms with E-state index in [9.17, 15) is 4.39 Å². The minimum absolute atomic E-state index is 0.195. The van der Waals surface area contributed by atoms with Crippen LogP contribution in [0.25, 0.3) is 28.4 Å². The maximum Gasteiger partial charge on any atom is 0.231 e. The summed E-state index contributed by atoms with van der Waals surface area (Å²) >= 11 is 6.25. The molecule has 0 amide bonds. The molecule has 0 bridgehead atoms. The minimum Gasteiger partial charge on any atom is -0.454 e. The van der Waals surface area contributed by atoms with Gasteiger partial charge in [-0.15, -0.1) is 0 Å². The number of benzene rings is 2. The molecule has 0 unspecified atom stereocenters. The molecule has 4 heterocycles. The Hall–Kier alpha value is -3.97. The summed E-state index contributed by atoms with van der Waals surface area (Å²) in [6.07, 6.45) is 1.77. The number of aromatic nitrogens is 2. The number of nitrogens with one attached hydrogen (secondary N) is 1. The molecule has 1 aliphatic heterocycles. The van der Waals surface area contributed by atoms with Crippen LogP contribution in [-0.4, -0.2) is 16.2 Å². The molecule has 158 valence electrons. The molecule has 0 saturated heterocycles. The summed E-state index contributed by atoms with van der Waals surface area (Å²) in [5.74, 6) is 2.55. The van der Waals surface area contributed by atoms with Crippen LogP contribution in [0.3, 0.4) is 0 Å². The number of halogens is 2. The Bertz CT molecular complexity index is 1480. The Morgan fingerprint density at radius 3 is 2.69 bits per heavy atom. The Labute approximate surface area is 186 Å².